The predicted octanol–water partition coefficient (Wildman–Crippen LogP) is 2.55. The van der Waals surface area contributed by atoms with Gasteiger partial charge in [-0.1, -0.05) is 0 Å². The van der Waals surface area contributed by atoms with Crippen molar-refractivity contribution in [2.75, 3.05) is 6.61 Å². The molecule has 0 spiro atoms. The standard InChI is InChI=1S/C7H5F7O2/c8-4(9)5(15)16-3-1-2-6(10,11)7(12,13)14/h1-2,4H,3H2/b2-1+. The van der Waals surface area contributed by atoms with Crippen molar-refractivity contribution in [3.8, 4) is 0 Å². The van der Waals surface area contributed by atoms with Crippen LogP contribution in [0.4, 0.5) is 30.7 Å². The molecule has 0 aromatic rings. The van der Waals surface area contributed by atoms with Crippen LogP contribution < -0.4 is 0 Å². The van der Waals surface area contributed by atoms with Gasteiger partial charge in [-0.15, -0.1) is 0 Å². The van der Waals surface area contributed by atoms with E-state index in [2.05, 4.69) is 4.74 Å². The minimum Gasteiger partial charge on any atom is -0.457 e. The highest BCUT2D eigenvalue weighted by Crippen LogP contribution is 2.36. The number of hydrogen-bond donors (Lipinski definition) is 0. The maximum absolute atomic E-state index is 12.1. The van der Waals surface area contributed by atoms with Gasteiger partial charge < -0.3 is 4.74 Å². The SMILES string of the molecule is O=C(OC/C=C/C(F)(F)C(F)(F)F)C(F)F. The summed E-state index contributed by atoms with van der Waals surface area (Å²) in [5, 5.41) is 0. The second kappa shape index (κ2) is 5.17. The first-order valence-electron chi connectivity index (χ1n) is 3.65. The van der Waals surface area contributed by atoms with Gasteiger partial charge in [0.1, 0.15) is 6.61 Å². The summed E-state index contributed by atoms with van der Waals surface area (Å²) in [6.45, 7) is -1.09. The van der Waals surface area contributed by atoms with Gasteiger partial charge in [-0.05, 0) is 12.2 Å². The number of esters is 1. The molecule has 0 bridgehead atoms. The van der Waals surface area contributed by atoms with E-state index in [0.29, 0.717) is 0 Å². The Labute approximate surface area is 84.7 Å². The fraction of sp³-hybridized carbons (Fsp3) is 0.571. The lowest BCUT2D eigenvalue weighted by Crippen LogP contribution is -2.34. The van der Waals surface area contributed by atoms with E-state index in [4.69, 9.17) is 0 Å². The lowest BCUT2D eigenvalue weighted by molar-refractivity contribution is -0.259. The van der Waals surface area contributed by atoms with Crippen LogP contribution in [0, 0.1) is 0 Å². The van der Waals surface area contributed by atoms with Crippen molar-refractivity contribution in [1.29, 1.82) is 0 Å². The quantitative estimate of drug-likeness (QED) is 0.438. The summed E-state index contributed by atoms with van der Waals surface area (Å²) in [6, 6.07) is 0. The number of carbonyl (C=O) groups is 1. The number of halogens is 7. The van der Waals surface area contributed by atoms with Crippen molar-refractivity contribution in [2.24, 2.45) is 0 Å². The molecule has 0 N–H and O–H groups in total. The maximum Gasteiger partial charge on any atom is 0.457 e. The Balaban J connectivity index is 4.17. The average Bonchev–Trinajstić information content (AvgIpc) is 2.09. The van der Waals surface area contributed by atoms with Crippen LogP contribution in [0.5, 0.6) is 0 Å². The number of carbonyl (C=O) groups excluding carboxylic acids is 1. The van der Waals surface area contributed by atoms with E-state index in [1.54, 1.807) is 0 Å². The molecule has 0 saturated carbocycles. The minimum absolute atomic E-state index is 0.133. The van der Waals surface area contributed by atoms with E-state index in [1.807, 2.05) is 0 Å². The Morgan fingerprint density at radius 3 is 2.06 bits per heavy atom. The first kappa shape index (κ1) is 14.7. The monoisotopic (exact) mass is 254 g/mol. The van der Waals surface area contributed by atoms with E-state index in [-0.39, 0.29) is 6.08 Å². The van der Waals surface area contributed by atoms with E-state index >= 15 is 0 Å². The van der Waals surface area contributed by atoms with Crippen LogP contribution in [-0.4, -0.2) is 31.1 Å². The van der Waals surface area contributed by atoms with Crippen LogP contribution in [0.3, 0.4) is 0 Å². The largest absolute Gasteiger partial charge is 0.457 e. The zero-order valence-corrected chi connectivity index (χ0v) is 7.40. The normalized spacial score (nSPS) is 13.5. The molecule has 0 fully saturated rings. The van der Waals surface area contributed by atoms with Gasteiger partial charge in [-0.2, -0.15) is 30.7 Å². The first-order chi connectivity index (χ1) is 7.08. The van der Waals surface area contributed by atoms with Crippen LogP contribution in [0.25, 0.3) is 0 Å². The molecule has 0 aliphatic rings. The molecule has 0 unspecified atom stereocenters. The summed E-state index contributed by atoms with van der Waals surface area (Å²) in [6.07, 6.45) is -9.69. The molecule has 0 amide bonds. The van der Waals surface area contributed by atoms with Crippen molar-refractivity contribution < 1.29 is 40.3 Å². The highest BCUT2D eigenvalue weighted by atomic mass is 19.4. The second-order valence-electron chi connectivity index (χ2n) is 2.45. The van der Waals surface area contributed by atoms with E-state index in [9.17, 15) is 35.5 Å². The Morgan fingerprint density at radius 1 is 1.19 bits per heavy atom. The molecule has 94 valence electrons. The Morgan fingerprint density at radius 2 is 1.69 bits per heavy atom. The number of allylic oxidation sites excluding steroid dienone is 1. The first-order valence-corrected chi connectivity index (χ1v) is 3.65. The lowest BCUT2D eigenvalue weighted by atomic mass is 10.3. The maximum atomic E-state index is 12.1. The van der Waals surface area contributed by atoms with Gasteiger partial charge in [0.25, 0.3) is 0 Å². The van der Waals surface area contributed by atoms with Crippen LogP contribution in [0.15, 0.2) is 12.2 Å². The van der Waals surface area contributed by atoms with E-state index in [1.165, 1.54) is 0 Å². The van der Waals surface area contributed by atoms with Gasteiger partial charge in [0.2, 0.25) is 0 Å². The summed E-state index contributed by atoms with van der Waals surface area (Å²) < 4.78 is 85.3. The smallest absolute Gasteiger partial charge is 0.457 e. The van der Waals surface area contributed by atoms with Gasteiger partial charge in [-0.3, -0.25) is 0 Å². The Kier molecular flexibility index (Phi) is 4.76. The molecular formula is C7H5F7O2. The van der Waals surface area contributed by atoms with Crippen molar-refractivity contribution in [3.05, 3.63) is 12.2 Å². The number of alkyl halides is 7. The summed E-state index contributed by atoms with van der Waals surface area (Å²) in [5.41, 5.74) is 0. The van der Waals surface area contributed by atoms with E-state index in [0.717, 1.165) is 0 Å². The zero-order valence-electron chi connectivity index (χ0n) is 7.40. The predicted molar refractivity (Wildman–Crippen MR) is 37.1 cm³/mol. The summed E-state index contributed by atoms with van der Waals surface area (Å²) in [5.74, 6) is -7.09. The lowest BCUT2D eigenvalue weighted by Gasteiger charge is -2.15. The van der Waals surface area contributed by atoms with Crippen molar-refractivity contribution in [1.82, 2.24) is 0 Å². The average molecular weight is 254 g/mol. The van der Waals surface area contributed by atoms with Gasteiger partial charge in [0.15, 0.2) is 0 Å². The molecule has 0 saturated heterocycles. The second-order valence-corrected chi connectivity index (χ2v) is 2.45. The van der Waals surface area contributed by atoms with Crippen LogP contribution >= 0.6 is 0 Å². The van der Waals surface area contributed by atoms with Crippen LogP contribution in [0.1, 0.15) is 0 Å². The van der Waals surface area contributed by atoms with E-state index < -0.39 is 37.2 Å². The molecule has 16 heavy (non-hydrogen) atoms. The Bertz CT molecular complexity index is 268. The molecule has 0 aliphatic heterocycles. The molecule has 0 aromatic heterocycles. The van der Waals surface area contributed by atoms with Gasteiger partial charge in [0, 0.05) is 0 Å². The van der Waals surface area contributed by atoms with Gasteiger partial charge >= 0.3 is 24.5 Å². The molecule has 0 radical (unpaired) electrons. The molecule has 0 heterocycles. The van der Waals surface area contributed by atoms with Gasteiger partial charge in [-0.25, -0.2) is 4.79 Å². The summed E-state index contributed by atoms with van der Waals surface area (Å²) >= 11 is 0. The Hall–Kier alpha value is -1.28. The number of ether oxygens (including phenoxy) is 1. The molecule has 0 atom stereocenters. The molecule has 9 heteroatoms. The fourth-order valence-corrected chi connectivity index (χ4v) is 0.484. The molecular weight excluding hydrogens is 249 g/mol. The third-order valence-electron chi connectivity index (χ3n) is 1.21. The molecule has 0 rings (SSSR count). The fourth-order valence-electron chi connectivity index (χ4n) is 0.484. The van der Waals surface area contributed by atoms with Crippen molar-refractivity contribution in [3.63, 3.8) is 0 Å². The van der Waals surface area contributed by atoms with Gasteiger partial charge in [0.05, 0.1) is 0 Å². The van der Waals surface area contributed by atoms with Crippen molar-refractivity contribution >= 4 is 5.97 Å². The number of hydrogen-bond acceptors (Lipinski definition) is 2. The summed E-state index contributed by atoms with van der Waals surface area (Å²) in [4.78, 5) is 10.0. The topological polar surface area (TPSA) is 26.3 Å². The third-order valence-corrected chi connectivity index (χ3v) is 1.21. The highest BCUT2D eigenvalue weighted by Gasteiger charge is 2.55. The van der Waals surface area contributed by atoms with Crippen molar-refractivity contribution in [2.45, 2.75) is 18.5 Å². The molecule has 0 aliphatic carbocycles. The van der Waals surface area contributed by atoms with Crippen LogP contribution in [-0.2, 0) is 9.53 Å². The number of rotatable bonds is 4. The summed E-state index contributed by atoms with van der Waals surface area (Å²) in [7, 11) is 0. The minimum atomic E-state index is -5.78. The highest BCUT2D eigenvalue weighted by molar-refractivity contribution is 5.72. The third kappa shape index (κ3) is 4.49. The zero-order chi connectivity index (χ0) is 13.0. The van der Waals surface area contributed by atoms with Crippen LogP contribution in [0.2, 0.25) is 0 Å². The molecule has 2 nitrogen and oxygen atoms in total. The molecule has 0 aromatic carbocycles.